The molecule has 3 aromatic heterocycles. The molecule has 0 spiro atoms. The molecule has 0 unspecified atom stereocenters. The van der Waals surface area contributed by atoms with Gasteiger partial charge in [-0.3, -0.25) is 14.4 Å². The SMILES string of the molecule is C=C1C(=O)N=C(n2nc(-c3ccco3)cc2NC(=O)C(=O)c2c[nH]c3ccccc23)N=C1C. The van der Waals surface area contributed by atoms with Crippen LogP contribution in [0.4, 0.5) is 5.82 Å². The molecule has 0 fully saturated rings. The number of Topliss-reactive ketones (excluding diaryl/α,β-unsaturated/α-hetero) is 1. The number of hydrogen-bond acceptors (Lipinski definition) is 6. The van der Waals surface area contributed by atoms with Crippen molar-refractivity contribution in [1.82, 2.24) is 14.8 Å². The lowest BCUT2D eigenvalue weighted by molar-refractivity contribution is -0.114. The Kier molecular flexibility index (Phi) is 4.67. The molecule has 2 N–H and O–H groups in total. The van der Waals surface area contributed by atoms with Crippen LogP contribution >= 0.6 is 0 Å². The average Bonchev–Trinajstić information content (AvgIpc) is 3.56. The lowest BCUT2D eigenvalue weighted by Crippen LogP contribution is -2.28. The molecule has 5 rings (SSSR count). The number of aromatic amines is 1. The van der Waals surface area contributed by atoms with E-state index >= 15 is 0 Å². The van der Waals surface area contributed by atoms with E-state index in [9.17, 15) is 14.4 Å². The van der Waals surface area contributed by atoms with E-state index in [0.717, 1.165) is 5.52 Å². The highest BCUT2D eigenvalue weighted by atomic mass is 16.3. The first-order valence-corrected chi connectivity index (χ1v) is 9.86. The van der Waals surface area contributed by atoms with Gasteiger partial charge in [0.05, 0.1) is 23.1 Å². The van der Waals surface area contributed by atoms with E-state index in [2.05, 4.69) is 32.0 Å². The summed E-state index contributed by atoms with van der Waals surface area (Å²) in [6.07, 6.45) is 2.96. The third kappa shape index (κ3) is 3.49. The fraction of sp³-hybridized carbons (Fsp3) is 0.0435. The second-order valence-corrected chi connectivity index (χ2v) is 7.23. The smallest absolute Gasteiger partial charge is 0.298 e. The van der Waals surface area contributed by atoms with E-state index in [4.69, 9.17) is 4.42 Å². The molecule has 4 aromatic rings. The van der Waals surface area contributed by atoms with Gasteiger partial charge in [0.2, 0.25) is 0 Å². The van der Waals surface area contributed by atoms with Gasteiger partial charge < -0.3 is 14.7 Å². The molecule has 1 aliphatic rings. The number of aliphatic imine (C=N–C) groups is 2. The van der Waals surface area contributed by atoms with Crippen molar-refractivity contribution in [3.05, 3.63) is 72.6 Å². The van der Waals surface area contributed by atoms with Crippen LogP contribution in [0.25, 0.3) is 22.4 Å². The Balaban J connectivity index is 1.53. The first-order valence-electron chi connectivity index (χ1n) is 9.86. The fourth-order valence-electron chi connectivity index (χ4n) is 3.37. The minimum atomic E-state index is -0.889. The quantitative estimate of drug-likeness (QED) is 0.285. The summed E-state index contributed by atoms with van der Waals surface area (Å²) in [5.41, 5.74) is 1.85. The molecule has 2 amide bonds. The highest BCUT2D eigenvalue weighted by molar-refractivity contribution is 6.48. The number of fused-ring (bicyclic) bond motifs is 1. The number of nitrogens with one attached hydrogen (secondary N) is 2. The van der Waals surface area contributed by atoms with Gasteiger partial charge in [0.25, 0.3) is 23.6 Å². The maximum Gasteiger partial charge on any atom is 0.298 e. The highest BCUT2D eigenvalue weighted by Crippen LogP contribution is 2.24. The molecule has 0 radical (unpaired) electrons. The predicted octanol–water partition coefficient (Wildman–Crippen LogP) is 3.21. The van der Waals surface area contributed by atoms with Gasteiger partial charge in [-0.05, 0) is 25.1 Å². The Hall–Kier alpha value is -4.86. The normalized spacial score (nSPS) is 13.7. The van der Waals surface area contributed by atoms with Crippen molar-refractivity contribution in [1.29, 1.82) is 0 Å². The maximum absolute atomic E-state index is 12.9. The van der Waals surface area contributed by atoms with Crippen molar-refractivity contribution < 1.29 is 18.8 Å². The Morgan fingerprint density at radius 1 is 1.15 bits per heavy atom. The summed E-state index contributed by atoms with van der Waals surface area (Å²) in [6, 6.07) is 12.0. The molecule has 0 aliphatic carbocycles. The number of ketones is 1. The number of carbonyl (C=O) groups excluding carboxylic acids is 3. The molecule has 162 valence electrons. The van der Waals surface area contributed by atoms with Crippen molar-refractivity contribution >= 4 is 46.0 Å². The lowest BCUT2D eigenvalue weighted by atomic mass is 10.1. The third-order valence-electron chi connectivity index (χ3n) is 5.12. The Morgan fingerprint density at radius 3 is 2.73 bits per heavy atom. The minimum Gasteiger partial charge on any atom is -0.463 e. The zero-order chi connectivity index (χ0) is 23.1. The summed E-state index contributed by atoms with van der Waals surface area (Å²) in [6.45, 7) is 5.26. The van der Waals surface area contributed by atoms with Gasteiger partial charge in [-0.1, -0.05) is 24.8 Å². The summed E-state index contributed by atoms with van der Waals surface area (Å²) in [5.74, 6) is -1.76. The zero-order valence-electron chi connectivity index (χ0n) is 17.3. The largest absolute Gasteiger partial charge is 0.463 e. The molecular formula is C23H16N6O4. The monoisotopic (exact) mass is 440 g/mol. The standard InChI is InChI=1S/C23H16N6O4/c1-12-13(2)25-23(27-21(12)31)29-19(10-17(28-29)18-8-5-9-33-18)26-22(32)20(30)15-11-24-16-7-4-3-6-14(15)16/h3-11,24H,1H2,2H3,(H,26,32). The number of hydrogen-bond donors (Lipinski definition) is 2. The number of rotatable bonds is 4. The molecule has 1 aromatic carbocycles. The van der Waals surface area contributed by atoms with Gasteiger partial charge in [0.15, 0.2) is 5.76 Å². The second kappa shape index (κ2) is 7.68. The van der Waals surface area contributed by atoms with Crippen LogP contribution in [0.15, 0.2) is 81.5 Å². The summed E-state index contributed by atoms with van der Waals surface area (Å²) >= 11 is 0. The van der Waals surface area contributed by atoms with Gasteiger partial charge in [-0.2, -0.15) is 14.8 Å². The number of benzene rings is 1. The number of anilines is 1. The highest BCUT2D eigenvalue weighted by Gasteiger charge is 2.26. The van der Waals surface area contributed by atoms with Crippen molar-refractivity contribution in [2.45, 2.75) is 6.92 Å². The lowest BCUT2D eigenvalue weighted by Gasteiger charge is -2.12. The van der Waals surface area contributed by atoms with E-state index in [-0.39, 0.29) is 22.9 Å². The topological polar surface area (TPSA) is 135 Å². The summed E-state index contributed by atoms with van der Waals surface area (Å²) in [4.78, 5) is 49.1. The molecule has 0 saturated heterocycles. The van der Waals surface area contributed by atoms with Crippen LogP contribution in [-0.2, 0) is 9.59 Å². The van der Waals surface area contributed by atoms with E-state index < -0.39 is 17.6 Å². The van der Waals surface area contributed by atoms with Crippen molar-refractivity contribution in [2.75, 3.05) is 5.32 Å². The van der Waals surface area contributed by atoms with E-state index in [1.807, 2.05) is 6.07 Å². The molecule has 10 heteroatoms. The number of para-hydroxylation sites is 1. The molecule has 0 atom stereocenters. The maximum atomic E-state index is 12.9. The second-order valence-electron chi connectivity index (χ2n) is 7.23. The molecule has 1 aliphatic heterocycles. The number of nitrogens with zero attached hydrogens (tertiary/aromatic N) is 4. The van der Waals surface area contributed by atoms with E-state index in [1.54, 1.807) is 37.3 Å². The van der Waals surface area contributed by atoms with Gasteiger partial charge in [-0.15, -0.1) is 0 Å². The van der Waals surface area contributed by atoms with Gasteiger partial charge in [-0.25, -0.2) is 4.99 Å². The van der Waals surface area contributed by atoms with Crippen LogP contribution < -0.4 is 5.32 Å². The Morgan fingerprint density at radius 2 is 1.97 bits per heavy atom. The van der Waals surface area contributed by atoms with Crippen LogP contribution in [0.5, 0.6) is 0 Å². The number of carbonyl (C=O) groups is 3. The van der Waals surface area contributed by atoms with Crippen LogP contribution in [0.1, 0.15) is 17.3 Å². The third-order valence-corrected chi connectivity index (χ3v) is 5.12. The van der Waals surface area contributed by atoms with Gasteiger partial charge in [0.1, 0.15) is 11.5 Å². The van der Waals surface area contributed by atoms with Gasteiger partial charge >= 0.3 is 0 Å². The minimum absolute atomic E-state index is 0.0717. The van der Waals surface area contributed by atoms with Crippen LogP contribution in [0, 0.1) is 0 Å². The predicted molar refractivity (Wildman–Crippen MR) is 121 cm³/mol. The van der Waals surface area contributed by atoms with Gasteiger partial charge in [0, 0.05) is 23.2 Å². The molecule has 33 heavy (non-hydrogen) atoms. The van der Waals surface area contributed by atoms with Crippen LogP contribution in [-0.4, -0.2) is 44.0 Å². The molecule has 4 heterocycles. The fourth-order valence-corrected chi connectivity index (χ4v) is 3.37. The van der Waals surface area contributed by atoms with Crippen molar-refractivity contribution in [2.24, 2.45) is 9.98 Å². The molecular weight excluding hydrogens is 424 g/mol. The van der Waals surface area contributed by atoms with Crippen molar-refractivity contribution in [3.8, 4) is 11.5 Å². The summed E-state index contributed by atoms with van der Waals surface area (Å²) in [5, 5.41) is 7.55. The summed E-state index contributed by atoms with van der Waals surface area (Å²) in [7, 11) is 0. The zero-order valence-corrected chi connectivity index (χ0v) is 17.3. The molecule has 0 bridgehead atoms. The Bertz CT molecular complexity index is 1520. The number of amides is 2. The van der Waals surface area contributed by atoms with Crippen molar-refractivity contribution in [3.63, 3.8) is 0 Å². The van der Waals surface area contributed by atoms with Crippen LogP contribution in [0.2, 0.25) is 0 Å². The number of furan rings is 1. The first kappa shape index (κ1) is 20.1. The molecule has 0 saturated carbocycles. The van der Waals surface area contributed by atoms with E-state index in [0.29, 0.717) is 22.6 Å². The number of aromatic nitrogens is 3. The van der Waals surface area contributed by atoms with E-state index in [1.165, 1.54) is 23.2 Å². The first-order chi connectivity index (χ1) is 15.9. The van der Waals surface area contributed by atoms with Crippen LogP contribution in [0.3, 0.4) is 0 Å². The molecule has 10 nitrogen and oxygen atoms in total. The average molecular weight is 440 g/mol. The summed E-state index contributed by atoms with van der Waals surface area (Å²) < 4.78 is 6.55. The number of H-pyrrole nitrogens is 1. The Labute approximate surface area is 186 Å².